The van der Waals surface area contributed by atoms with Gasteiger partial charge in [-0.15, -0.1) is 0 Å². The highest BCUT2D eigenvalue weighted by Gasteiger charge is 2.13. The lowest BCUT2D eigenvalue weighted by Crippen LogP contribution is -2.33. The van der Waals surface area contributed by atoms with Gasteiger partial charge in [-0.25, -0.2) is 14.5 Å². The summed E-state index contributed by atoms with van der Waals surface area (Å²) in [5, 5.41) is 14.1. The van der Waals surface area contributed by atoms with E-state index in [1.165, 1.54) is 20.3 Å². The summed E-state index contributed by atoms with van der Waals surface area (Å²) in [6.07, 6.45) is 1.35. The van der Waals surface area contributed by atoms with Crippen LogP contribution in [0.5, 0.6) is 5.75 Å². The Hall–Kier alpha value is -3.17. The first kappa shape index (κ1) is 20.1. The maximum absolute atomic E-state index is 11.9. The van der Waals surface area contributed by atoms with Crippen molar-refractivity contribution in [3.05, 3.63) is 64.2 Å². The summed E-state index contributed by atoms with van der Waals surface area (Å²) in [5.41, 5.74) is 1.49. The van der Waals surface area contributed by atoms with Crippen molar-refractivity contribution in [3.63, 3.8) is 0 Å². The predicted molar refractivity (Wildman–Crippen MR) is 98.2 cm³/mol. The summed E-state index contributed by atoms with van der Waals surface area (Å²) in [4.78, 5) is 31.7. The van der Waals surface area contributed by atoms with Gasteiger partial charge in [-0.05, 0) is 30.5 Å². The van der Waals surface area contributed by atoms with Gasteiger partial charge in [-0.1, -0.05) is 23.4 Å². The summed E-state index contributed by atoms with van der Waals surface area (Å²) >= 11 is 0. The number of hydroxylamine groups is 2. The van der Waals surface area contributed by atoms with Crippen LogP contribution in [0.3, 0.4) is 0 Å². The fourth-order valence-electron chi connectivity index (χ4n) is 2.36. The Morgan fingerprint density at radius 3 is 2.59 bits per heavy atom. The molecule has 0 unspecified atom stereocenters. The molecule has 0 heterocycles. The molecule has 2 aromatic rings. The number of urea groups is 1. The summed E-state index contributed by atoms with van der Waals surface area (Å²) in [7, 11) is 2.62. The molecule has 0 saturated heterocycles. The van der Waals surface area contributed by atoms with Crippen LogP contribution in [0.4, 0.5) is 16.2 Å². The van der Waals surface area contributed by atoms with Crippen molar-refractivity contribution < 1.29 is 24.1 Å². The van der Waals surface area contributed by atoms with Crippen LogP contribution in [0.15, 0.2) is 48.5 Å². The molecular weight excluding hydrogens is 354 g/mol. The van der Waals surface area contributed by atoms with E-state index in [1.54, 1.807) is 36.4 Å². The maximum Gasteiger partial charge on any atom is 0.371 e. The number of benzene rings is 2. The molecule has 0 saturated carbocycles. The zero-order chi connectivity index (χ0) is 19.6. The second kappa shape index (κ2) is 10.1. The van der Waals surface area contributed by atoms with Crippen LogP contribution in [0, 0.1) is 10.1 Å². The van der Waals surface area contributed by atoms with Crippen molar-refractivity contribution in [2.45, 2.75) is 12.8 Å². The number of ether oxygens (including phenoxy) is 1. The molecule has 27 heavy (non-hydrogen) atoms. The van der Waals surface area contributed by atoms with Crippen molar-refractivity contribution in [2.24, 2.45) is 0 Å². The molecule has 2 rings (SSSR count). The van der Waals surface area contributed by atoms with E-state index in [1.807, 2.05) is 6.07 Å². The number of hydrogen-bond donors (Lipinski definition) is 1. The summed E-state index contributed by atoms with van der Waals surface area (Å²) in [6, 6.07) is 12.9. The minimum atomic E-state index is -0.581. The number of aryl methyl sites for hydroxylation is 1. The lowest BCUT2D eigenvalue weighted by atomic mass is 10.1. The Labute approximate surface area is 156 Å². The van der Waals surface area contributed by atoms with E-state index in [9.17, 15) is 14.9 Å². The van der Waals surface area contributed by atoms with Crippen molar-refractivity contribution in [1.29, 1.82) is 0 Å². The molecule has 0 fully saturated rings. The van der Waals surface area contributed by atoms with E-state index in [2.05, 4.69) is 5.32 Å². The SMILES string of the molecule is CON(OC)C(=O)Nc1cccc(OCCCc2cccc([N+](=O)[O-])c2)c1. The first-order valence-corrected chi connectivity index (χ1v) is 8.19. The number of hydrogen-bond acceptors (Lipinski definition) is 6. The molecule has 0 spiro atoms. The van der Waals surface area contributed by atoms with E-state index < -0.39 is 11.0 Å². The summed E-state index contributed by atoms with van der Waals surface area (Å²) < 4.78 is 5.68. The Morgan fingerprint density at radius 2 is 1.89 bits per heavy atom. The molecule has 2 amide bonds. The number of nitrogens with zero attached hydrogens (tertiary/aromatic N) is 2. The van der Waals surface area contributed by atoms with Crippen LogP contribution < -0.4 is 10.1 Å². The van der Waals surface area contributed by atoms with Crippen LogP contribution >= 0.6 is 0 Å². The third kappa shape index (κ3) is 6.24. The zero-order valence-electron chi connectivity index (χ0n) is 15.1. The standard InChI is InChI=1S/C18H21N3O6/c1-25-21(26-2)18(22)19-15-8-4-10-17(13-15)27-11-5-7-14-6-3-9-16(12-14)20(23)24/h3-4,6,8-10,12-13H,5,7,11H2,1-2H3,(H,19,22). The fraction of sp³-hybridized carbons (Fsp3) is 0.278. The van der Waals surface area contributed by atoms with E-state index in [4.69, 9.17) is 14.4 Å². The molecule has 0 aromatic heterocycles. The Kier molecular flexibility index (Phi) is 7.53. The Morgan fingerprint density at radius 1 is 1.15 bits per heavy atom. The minimum Gasteiger partial charge on any atom is -0.494 e. The summed E-state index contributed by atoms with van der Waals surface area (Å²) in [5.74, 6) is 0.591. The highest BCUT2D eigenvalue weighted by Crippen LogP contribution is 2.19. The molecule has 9 heteroatoms. The highest BCUT2D eigenvalue weighted by molar-refractivity contribution is 5.88. The number of non-ortho nitro benzene ring substituents is 1. The molecular formula is C18H21N3O6. The monoisotopic (exact) mass is 375 g/mol. The first-order chi connectivity index (χ1) is 13.0. The number of carbonyl (C=O) groups excluding carboxylic acids is 1. The van der Waals surface area contributed by atoms with E-state index >= 15 is 0 Å². The number of nitro benzene ring substituents is 1. The Balaban J connectivity index is 1.83. The Bertz CT molecular complexity index is 779. The average Bonchev–Trinajstić information content (AvgIpc) is 2.67. The fourth-order valence-corrected chi connectivity index (χ4v) is 2.36. The largest absolute Gasteiger partial charge is 0.494 e. The lowest BCUT2D eigenvalue weighted by molar-refractivity contribution is -0.384. The van der Waals surface area contributed by atoms with Crippen LogP contribution in [0.25, 0.3) is 0 Å². The van der Waals surface area contributed by atoms with Gasteiger partial charge in [0.15, 0.2) is 0 Å². The van der Waals surface area contributed by atoms with Gasteiger partial charge in [0.05, 0.1) is 25.7 Å². The van der Waals surface area contributed by atoms with Crippen molar-refractivity contribution >= 4 is 17.4 Å². The van der Waals surface area contributed by atoms with Gasteiger partial charge in [0.1, 0.15) is 5.75 Å². The van der Waals surface area contributed by atoms with Crippen LogP contribution in [0.1, 0.15) is 12.0 Å². The molecule has 9 nitrogen and oxygen atoms in total. The molecule has 0 radical (unpaired) electrons. The van der Waals surface area contributed by atoms with Gasteiger partial charge in [-0.3, -0.25) is 10.1 Å². The molecule has 0 aliphatic rings. The third-order valence-corrected chi connectivity index (χ3v) is 3.58. The smallest absolute Gasteiger partial charge is 0.371 e. The van der Waals surface area contributed by atoms with Gasteiger partial charge < -0.3 is 10.1 Å². The number of carbonyl (C=O) groups is 1. The van der Waals surface area contributed by atoms with Crippen LogP contribution in [0.2, 0.25) is 0 Å². The maximum atomic E-state index is 11.9. The van der Waals surface area contributed by atoms with Gasteiger partial charge in [0.25, 0.3) is 5.69 Å². The van der Waals surface area contributed by atoms with Crippen molar-refractivity contribution in [1.82, 2.24) is 5.23 Å². The molecule has 0 atom stereocenters. The van der Waals surface area contributed by atoms with Gasteiger partial charge in [0.2, 0.25) is 0 Å². The van der Waals surface area contributed by atoms with E-state index in [0.29, 0.717) is 36.1 Å². The van der Waals surface area contributed by atoms with E-state index in [-0.39, 0.29) is 5.69 Å². The molecule has 1 N–H and O–H groups in total. The highest BCUT2D eigenvalue weighted by atomic mass is 16.9. The zero-order valence-corrected chi connectivity index (χ0v) is 15.1. The topological polar surface area (TPSA) is 103 Å². The molecule has 0 aliphatic heterocycles. The average molecular weight is 375 g/mol. The first-order valence-electron chi connectivity index (χ1n) is 8.19. The normalized spacial score (nSPS) is 10.3. The van der Waals surface area contributed by atoms with Gasteiger partial charge in [0, 0.05) is 23.9 Å². The van der Waals surface area contributed by atoms with Crippen molar-refractivity contribution in [2.75, 3.05) is 26.1 Å². The van der Waals surface area contributed by atoms with Gasteiger partial charge in [-0.2, -0.15) is 0 Å². The second-order valence-corrected chi connectivity index (χ2v) is 5.46. The van der Waals surface area contributed by atoms with Crippen molar-refractivity contribution in [3.8, 4) is 5.75 Å². The van der Waals surface area contributed by atoms with Crippen LogP contribution in [-0.4, -0.2) is 37.0 Å². The summed E-state index contributed by atoms with van der Waals surface area (Å²) in [6.45, 7) is 0.433. The quantitative estimate of drug-likeness (QED) is 0.408. The number of nitrogens with one attached hydrogen (secondary N) is 1. The lowest BCUT2D eigenvalue weighted by Gasteiger charge is -2.16. The van der Waals surface area contributed by atoms with Crippen LogP contribution in [-0.2, 0) is 16.1 Å². The number of amides is 2. The van der Waals surface area contributed by atoms with Gasteiger partial charge >= 0.3 is 6.03 Å². The third-order valence-electron chi connectivity index (χ3n) is 3.58. The molecule has 144 valence electrons. The molecule has 0 aliphatic carbocycles. The number of anilines is 1. The molecule has 0 bridgehead atoms. The predicted octanol–water partition coefficient (Wildman–Crippen LogP) is 3.56. The number of rotatable bonds is 9. The minimum absolute atomic E-state index is 0.0815. The second-order valence-electron chi connectivity index (χ2n) is 5.46. The molecule has 2 aromatic carbocycles. The van der Waals surface area contributed by atoms with E-state index in [0.717, 1.165) is 5.56 Å². The number of nitro groups is 1.